The third-order valence-corrected chi connectivity index (χ3v) is 3.76. The molecule has 2 rings (SSSR count). The number of anilines is 1. The number of benzene rings is 1. The van der Waals surface area contributed by atoms with E-state index in [2.05, 4.69) is 5.32 Å². The van der Waals surface area contributed by atoms with Crippen LogP contribution in [-0.2, 0) is 6.18 Å². The van der Waals surface area contributed by atoms with Gasteiger partial charge in [0.1, 0.15) is 0 Å². The van der Waals surface area contributed by atoms with Gasteiger partial charge in [-0.05, 0) is 37.1 Å². The number of nitrogens with two attached hydrogens (primary N) is 1. The Kier molecular flexibility index (Phi) is 4.63. The summed E-state index contributed by atoms with van der Waals surface area (Å²) in [6.45, 7) is 1.55. The molecule has 1 aliphatic rings. The molecule has 1 aromatic rings. The Morgan fingerprint density at radius 3 is 2.76 bits per heavy atom. The molecule has 1 aliphatic heterocycles. The average Bonchev–Trinajstić information content (AvgIpc) is 2.88. The Morgan fingerprint density at radius 1 is 1.48 bits per heavy atom. The van der Waals surface area contributed by atoms with Crippen LogP contribution in [-0.4, -0.2) is 30.6 Å². The molecular formula is C13H15ClF3N3O. The molecule has 21 heavy (non-hydrogen) atoms. The van der Waals surface area contributed by atoms with E-state index in [9.17, 15) is 18.0 Å². The minimum Gasteiger partial charge on any atom is -0.330 e. The fourth-order valence-electron chi connectivity index (χ4n) is 2.23. The average molecular weight is 322 g/mol. The highest BCUT2D eigenvalue weighted by atomic mass is 35.5. The lowest BCUT2D eigenvalue weighted by atomic mass is 10.1. The predicted molar refractivity (Wildman–Crippen MR) is 74.2 cm³/mol. The summed E-state index contributed by atoms with van der Waals surface area (Å²) in [6.07, 6.45) is -3.76. The Hall–Kier alpha value is -1.47. The summed E-state index contributed by atoms with van der Waals surface area (Å²) in [5.41, 5.74) is 4.63. The van der Waals surface area contributed by atoms with Crippen LogP contribution in [0.1, 0.15) is 12.0 Å². The summed E-state index contributed by atoms with van der Waals surface area (Å²) < 4.78 is 38.2. The number of rotatable bonds is 2. The normalized spacial score (nSPS) is 18.9. The molecule has 116 valence electrons. The third kappa shape index (κ3) is 3.79. The molecule has 1 atom stereocenters. The lowest BCUT2D eigenvalue weighted by molar-refractivity contribution is -0.137. The van der Waals surface area contributed by atoms with Gasteiger partial charge in [0.05, 0.1) is 10.6 Å². The lowest BCUT2D eigenvalue weighted by Crippen LogP contribution is -2.33. The monoisotopic (exact) mass is 321 g/mol. The number of carbonyl (C=O) groups is 1. The van der Waals surface area contributed by atoms with Crippen molar-refractivity contribution in [3.05, 3.63) is 28.8 Å². The summed E-state index contributed by atoms with van der Waals surface area (Å²) in [4.78, 5) is 13.5. The van der Waals surface area contributed by atoms with E-state index in [1.807, 2.05) is 0 Å². The third-order valence-electron chi connectivity index (χ3n) is 3.43. The maximum Gasteiger partial charge on any atom is 0.417 e. The van der Waals surface area contributed by atoms with Gasteiger partial charge in [-0.1, -0.05) is 11.6 Å². The van der Waals surface area contributed by atoms with Crippen molar-refractivity contribution in [2.45, 2.75) is 12.6 Å². The number of likely N-dealkylation sites (tertiary alicyclic amines) is 1. The molecule has 0 aliphatic carbocycles. The van der Waals surface area contributed by atoms with Gasteiger partial charge in [-0.15, -0.1) is 0 Å². The predicted octanol–water partition coefficient (Wildman–Crippen LogP) is 3.17. The van der Waals surface area contributed by atoms with E-state index in [1.54, 1.807) is 4.90 Å². The second kappa shape index (κ2) is 6.11. The molecule has 0 radical (unpaired) electrons. The van der Waals surface area contributed by atoms with Crippen molar-refractivity contribution < 1.29 is 18.0 Å². The molecule has 0 aromatic heterocycles. The Balaban J connectivity index is 2.08. The van der Waals surface area contributed by atoms with Crippen LogP contribution < -0.4 is 11.1 Å². The van der Waals surface area contributed by atoms with Crippen molar-refractivity contribution in [1.82, 2.24) is 4.90 Å². The molecule has 2 amide bonds. The van der Waals surface area contributed by atoms with E-state index in [0.29, 0.717) is 19.6 Å². The molecule has 4 nitrogen and oxygen atoms in total. The van der Waals surface area contributed by atoms with Gasteiger partial charge in [0.2, 0.25) is 0 Å². The minimum absolute atomic E-state index is 0.0629. The smallest absolute Gasteiger partial charge is 0.330 e. The van der Waals surface area contributed by atoms with Gasteiger partial charge >= 0.3 is 12.2 Å². The van der Waals surface area contributed by atoms with Gasteiger partial charge in [-0.25, -0.2) is 4.79 Å². The van der Waals surface area contributed by atoms with Crippen molar-refractivity contribution in [3.63, 3.8) is 0 Å². The number of alkyl halides is 3. The summed E-state index contributed by atoms with van der Waals surface area (Å²) in [6, 6.07) is 2.86. The summed E-state index contributed by atoms with van der Waals surface area (Å²) >= 11 is 5.53. The highest BCUT2D eigenvalue weighted by Crippen LogP contribution is 2.36. The molecule has 1 heterocycles. The minimum atomic E-state index is -4.56. The number of nitrogens with one attached hydrogen (secondary N) is 1. The first-order chi connectivity index (χ1) is 9.81. The Labute approximate surface area is 125 Å². The van der Waals surface area contributed by atoms with Gasteiger partial charge in [-0.2, -0.15) is 13.2 Å². The molecular weight excluding hydrogens is 307 g/mol. The van der Waals surface area contributed by atoms with Crippen molar-refractivity contribution in [3.8, 4) is 0 Å². The van der Waals surface area contributed by atoms with Crippen molar-refractivity contribution >= 4 is 23.3 Å². The molecule has 1 unspecified atom stereocenters. The van der Waals surface area contributed by atoms with Gasteiger partial charge in [0.15, 0.2) is 0 Å². The number of halogens is 4. The number of hydrogen-bond donors (Lipinski definition) is 2. The zero-order chi connectivity index (χ0) is 15.6. The van der Waals surface area contributed by atoms with Gasteiger partial charge in [-0.3, -0.25) is 0 Å². The highest BCUT2D eigenvalue weighted by molar-refractivity contribution is 6.31. The molecule has 8 heteroatoms. The molecule has 1 saturated heterocycles. The summed E-state index contributed by atoms with van der Waals surface area (Å²) in [5.74, 6) is 0.242. The fraction of sp³-hybridized carbons (Fsp3) is 0.462. The van der Waals surface area contributed by atoms with E-state index in [4.69, 9.17) is 17.3 Å². The largest absolute Gasteiger partial charge is 0.417 e. The first-order valence-corrected chi connectivity index (χ1v) is 6.82. The van der Waals surface area contributed by atoms with Crippen LogP contribution in [0.25, 0.3) is 0 Å². The first-order valence-electron chi connectivity index (χ1n) is 6.44. The van der Waals surface area contributed by atoms with E-state index in [0.717, 1.165) is 18.6 Å². The van der Waals surface area contributed by atoms with E-state index < -0.39 is 22.8 Å². The van der Waals surface area contributed by atoms with E-state index >= 15 is 0 Å². The number of nitrogens with zero attached hydrogens (tertiary/aromatic N) is 1. The van der Waals surface area contributed by atoms with Crippen LogP contribution in [0, 0.1) is 5.92 Å². The Bertz CT molecular complexity index is 536. The fourth-order valence-corrected chi connectivity index (χ4v) is 2.46. The van der Waals surface area contributed by atoms with Gasteiger partial charge in [0.25, 0.3) is 0 Å². The molecule has 0 spiro atoms. The van der Waals surface area contributed by atoms with Crippen LogP contribution in [0.5, 0.6) is 0 Å². The molecule has 3 N–H and O–H groups in total. The number of amides is 2. The first kappa shape index (κ1) is 15.9. The maximum absolute atomic E-state index is 12.7. The molecule has 1 aromatic carbocycles. The Morgan fingerprint density at radius 2 is 2.19 bits per heavy atom. The second-order valence-electron chi connectivity index (χ2n) is 4.96. The summed E-state index contributed by atoms with van der Waals surface area (Å²) in [5, 5.41) is 2.06. The topological polar surface area (TPSA) is 58.4 Å². The number of urea groups is 1. The highest BCUT2D eigenvalue weighted by Gasteiger charge is 2.33. The zero-order valence-corrected chi connectivity index (χ0v) is 11.8. The molecule has 0 bridgehead atoms. The lowest BCUT2D eigenvalue weighted by Gasteiger charge is -2.18. The number of carbonyl (C=O) groups excluding carboxylic acids is 1. The van der Waals surface area contributed by atoms with Crippen molar-refractivity contribution in [2.75, 3.05) is 25.0 Å². The van der Waals surface area contributed by atoms with Gasteiger partial charge < -0.3 is 16.0 Å². The SMILES string of the molecule is NCC1CCN(C(=O)Nc2ccc(Cl)c(C(F)(F)F)c2)C1. The molecule has 1 fully saturated rings. The van der Waals surface area contributed by atoms with E-state index in [-0.39, 0.29) is 11.6 Å². The van der Waals surface area contributed by atoms with Crippen LogP contribution in [0.4, 0.5) is 23.7 Å². The van der Waals surface area contributed by atoms with Crippen molar-refractivity contribution in [2.24, 2.45) is 11.7 Å². The second-order valence-corrected chi connectivity index (χ2v) is 5.37. The maximum atomic E-state index is 12.7. The van der Waals surface area contributed by atoms with Gasteiger partial charge in [0, 0.05) is 18.8 Å². The number of hydrogen-bond acceptors (Lipinski definition) is 2. The van der Waals surface area contributed by atoms with Crippen LogP contribution in [0.2, 0.25) is 5.02 Å². The quantitative estimate of drug-likeness (QED) is 0.879. The molecule has 0 saturated carbocycles. The van der Waals surface area contributed by atoms with Crippen molar-refractivity contribution in [1.29, 1.82) is 0 Å². The van der Waals surface area contributed by atoms with Crippen LogP contribution in [0.15, 0.2) is 18.2 Å². The van der Waals surface area contributed by atoms with Crippen LogP contribution in [0.3, 0.4) is 0 Å². The van der Waals surface area contributed by atoms with Crippen LogP contribution >= 0.6 is 11.6 Å². The zero-order valence-electron chi connectivity index (χ0n) is 11.1. The van der Waals surface area contributed by atoms with E-state index in [1.165, 1.54) is 6.07 Å². The standard InChI is InChI=1S/C13H15ClF3N3O/c14-11-2-1-9(5-10(11)13(15,16)17)19-12(21)20-4-3-8(6-18)7-20/h1-2,5,8H,3-4,6-7,18H2,(H,19,21). The summed E-state index contributed by atoms with van der Waals surface area (Å²) in [7, 11) is 0.